The first-order valence-electron chi connectivity index (χ1n) is 7.64. The average Bonchev–Trinajstić information content (AvgIpc) is 2.77. The summed E-state index contributed by atoms with van der Waals surface area (Å²) in [5, 5.41) is 18.8. The largest absolute Gasteiger partial charge is 0.443 e. The monoisotopic (exact) mass is 359 g/mol. The van der Waals surface area contributed by atoms with E-state index in [-0.39, 0.29) is 10.1 Å². The van der Waals surface area contributed by atoms with Crippen molar-refractivity contribution in [1.82, 2.24) is 9.13 Å². The van der Waals surface area contributed by atoms with E-state index in [1.165, 1.54) is 6.92 Å². The number of rotatable bonds is 2. The highest BCUT2D eigenvalue weighted by atomic mass is 18.2. The molecule has 0 aromatic carbocycles. The van der Waals surface area contributed by atoms with Crippen molar-refractivity contribution in [2.75, 3.05) is 6.61 Å². The molecule has 0 radical (unpaired) electrons. The van der Waals surface area contributed by atoms with E-state index in [1.807, 2.05) is 0 Å². The van der Waals surface area contributed by atoms with Gasteiger partial charge >= 0.3 is 11.8 Å². The molecule has 0 aliphatic carbocycles. The lowest BCUT2D eigenvalue weighted by molar-refractivity contribution is -0.0497. The molecule has 1 aromatic heterocycles. The zero-order valence-corrected chi connectivity index (χ0v) is 14.3. The highest BCUT2D eigenvalue weighted by molar-refractivity contribution is 5.70. The summed E-state index contributed by atoms with van der Waals surface area (Å²) in [5.74, 6) is 0. The highest BCUT2D eigenvalue weighted by Gasteiger charge is 2.45. The lowest BCUT2D eigenvalue weighted by atomic mass is 10.1. The van der Waals surface area contributed by atoms with Crippen LogP contribution in [-0.2, 0) is 9.47 Å². The molecular weight excluding hydrogens is 338 g/mol. The van der Waals surface area contributed by atoms with E-state index < -0.39 is 54.2 Å². The molecule has 2 rings (SSSR count). The van der Waals surface area contributed by atoms with E-state index in [4.69, 9.17) is 14.6 Å². The predicted octanol–water partition coefficient (Wildman–Crippen LogP) is -0.310. The summed E-state index contributed by atoms with van der Waals surface area (Å²) in [6.45, 7) is 5.36. The molecule has 140 valence electrons. The lowest BCUT2D eigenvalue weighted by Gasteiger charge is -2.21. The lowest BCUT2D eigenvalue weighted by Crippen LogP contribution is -2.48. The molecule has 25 heavy (non-hydrogen) atoms. The maximum Gasteiger partial charge on any atom is 0.425 e. The molecule has 9 nitrogen and oxygen atoms in total. The zero-order chi connectivity index (χ0) is 19.1. The maximum absolute atomic E-state index is 14.3. The number of halogens is 1. The first-order valence-corrected chi connectivity index (χ1v) is 7.64. The summed E-state index contributed by atoms with van der Waals surface area (Å²) in [7, 11) is 0. The molecule has 1 aliphatic heterocycles. The standard InChI is InChI=1S/C15H21FN2O7/c1-7-5-17(12-9(16)10(20)8(6-19)24-12)13(22)18(11(7)21)14(23)25-15(2,3)4/h5,8-10,12,19-20H,6H2,1-4H3/t8-,9+,10-,12-/m1/s1/i16-1. The van der Waals surface area contributed by atoms with Crippen molar-refractivity contribution in [3.8, 4) is 0 Å². The molecule has 2 heterocycles. The SMILES string of the molecule is Cc1cn([C@@H]2O[C@H](CO)[C@@H](O)[C@@H]2[18F])c(=O)n(C(=O)OC(C)(C)C)c1=O. The molecule has 10 heteroatoms. The number of aliphatic hydroxyl groups is 2. The van der Waals surface area contributed by atoms with Crippen LogP contribution in [0.25, 0.3) is 0 Å². The second kappa shape index (κ2) is 6.70. The van der Waals surface area contributed by atoms with Gasteiger partial charge in [-0.2, -0.15) is 4.57 Å². The van der Waals surface area contributed by atoms with Crippen LogP contribution in [0.4, 0.5) is 9.18 Å². The van der Waals surface area contributed by atoms with Crippen LogP contribution in [0.3, 0.4) is 0 Å². The van der Waals surface area contributed by atoms with Gasteiger partial charge in [0.15, 0.2) is 12.4 Å². The van der Waals surface area contributed by atoms with Crippen molar-refractivity contribution in [2.45, 2.75) is 57.9 Å². The van der Waals surface area contributed by atoms with Crippen LogP contribution in [0.2, 0.25) is 0 Å². The van der Waals surface area contributed by atoms with Gasteiger partial charge in [0.2, 0.25) is 0 Å². The number of hydrogen-bond acceptors (Lipinski definition) is 7. The van der Waals surface area contributed by atoms with Gasteiger partial charge in [-0.25, -0.2) is 14.0 Å². The van der Waals surface area contributed by atoms with Gasteiger partial charge in [-0.05, 0) is 27.7 Å². The van der Waals surface area contributed by atoms with Crippen LogP contribution in [0.5, 0.6) is 0 Å². The molecular formula is C15H21FN2O7. The molecule has 2 N–H and O–H groups in total. The number of aryl methyl sites for hydroxylation is 1. The van der Waals surface area contributed by atoms with Crippen LogP contribution < -0.4 is 11.2 Å². The van der Waals surface area contributed by atoms with Crippen molar-refractivity contribution in [3.63, 3.8) is 0 Å². The van der Waals surface area contributed by atoms with Crippen LogP contribution in [-0.4, -0.2) is 56.0 Å². The minimum atomic E-state index is -2.03. The molecule has 0 spiro atoms. The van der Waals surface area contributed by atoms with Crippen molar-refractivity contribution < 1.29 is 28.9 Å². The number of nitrogens with zero attached hydrogens (tertiary/aromatic N) is 2. The first-order chi connectivity index (χ1) is 11.5. The van der Waals surface area contributed by atoms with Gasteiger partial charge < -0.3 is 19.7 Å². The van der Waals surface area contributed by atoms with Crippen LogP contribution in [0.1, 0.15) is 32.6 Å². The fraction of sp³-hybridized carbons (Fsp3) is 0.667. The fourth-order valence-electron chi connectivity index (χ4n) is 2.43. The molecule has 1 fully saturated rings. The Morgan fingerprint density at radius 3 is 2.48 bits per heavy atom. The molecule has 0 amide bonds. The number of carbonyl (C=O) groups is 1. The molecule has 0 saturated carbocycles. The normalized spacial score (nSPS) is 26.7. The Kier molecular flexibility index (Phi) is 5.17. The Labute approximate surface area is 142 Å². The molecule has 0 unspecified atom stereocenters. The van der Waals surface area contributed by atoms with Crippen molar-refractivity contribution >= 4 is 6.09 Å². The minimum absolute atomic E-state index is 0.0248. The van der Waals surface area contributed by atoms with Gasteiger partial charge in [0.05, 0.1) is 6.61 Å². The number of ether oxygens (including phenoxy) is 2. The highest BCUT2D eigenvalue weighted by Crippen LogP contribution is 2.30. The third-order valence-electron chi connectivity index (χ3n) is 3.61. The summed E-state index contributed by atoms with van der Waals surface area (Å²) in [5.41, 5.74) is -3.04. The van der Waals surface area contributed by atoms with Gasteiger partial charge in [0.1, 0.15) is 17.8 Å². The van der Waals surface area contributed by atoms with Gasteiger partial charge in [-0.1, -0.05) is 0 Å². The summed E-state index contributed by atoms with van der Waals surface area (Å²) in [6, 6.07) is 0. The first kappa shape index (κ1) is 19.3. The van der Waals surface area contributed by atoms with E-state index in [0.29, 0.717) is 4.57 Å². The molecule has 1 saturated heterocycles. The number of hydrogen-bond donors (Lipinski definition) is 2. The van der Waals surface area contributed by atoms with Crippen molar-refractivity contribution in [3.05, 3.63) is 32.6 Å². The topological polar surface area (TPSA) is 120 Å². The van der Waals surface area contributed by atoms with Gasteiger partial charge in [-0.15, -0.1) is 0 Å². The summed E-state index contributed by atoms with van der Waals surface area (Å²) in [4.78, 5) is 36.9. The predicted molar refractivity (Wildman–Crippen MR) is 83.2 cm³/mol. The molecule has 4 atom stereocenters. The molecule has 1 aliphatic rings. The van der Waals surface area contributed by atoms with E-state index in [0.717, 1.165) is 6.20 Å². The number of aromatic nitrogens is 2. The summed E-state index contributed by atoms with van der Waals surface area (Å²) >= 11 is 0. The smallest absolute Gasteiger partial charge is 0.425 e. The van der Waals surface area contributed by atoms with E-state index in [1.54, 1.807) is 20.8 Å². The summed E-state index contributed by atoms with van der Waals surface area (Å²) < 4.78 is 25.4. The van der Waals surface area contributed by atoms with Crippen LogP contribution in [0.15, 0.2) is 15.8 Å². The Bertz CT molecular complexity index is 780. The Morgan fingerprint density at radius 1 is 1.40 bits per heavy atom. The number of alkyl halides is 1. The van der Waals surface area contributed by atoms with Crippen LogP contribution in [0, 0.1) is 6.92 Å². The van der Waals surface area contributed by atoms with Crippen molar-refractivity contribution in [2.24, 2.45) is 0 Å². The van der Waals surface area contributed by atoms with Crippen molar-refractivity contribution in [1.29, 1.82) is 0 Å². The fourth-order valence-corrected chi connectivity index (χ4v) is 2.43. The quantitative estimate of drug-likeness (QED) is 0.743. The van der Waals surface area contributed by atoms with E-state index in [9.17, 15) is 23.9 Å². The Hall–Kier alpha value is -2.04. The minimum Gasteiger partial charge on any atom is -0.443 e. The molecule has 0 bridgehead atoms. The second-order valence-electron chi connectivity index (χ2n) is 6.81. The molecule has 1 aromatic rings. The van der Waals surface area contributed by atoms with E-state index in [2.05, 4.69) is 0 Å². The second-order valence-corrected chi connectivity index (χ2v) is 6.81. The summed E-state index contributed by atoms with van der Waals surface area (Å²) in [6.07, 6.45) is -6.66. The average molecular weight is 359 g/mol. The number of aliphatic hydroxyl groups excluding tert-OH is 2. The van der Waals surface area contributed by atoms with Gasteiger partial charge in [0.25, 0.3) is 5.56 Å². The maximum atomic E-state index is 14.3. The Morgan fingerprint density at radius 2 is 2.00 bits per heavy atom. The number of carbonyl (C=O) groups excluding carboxylic acids is 1. The third-order valence-corrected chi connectivity index (χ3v) is 3.61. The van der Waals surface area contributed by atoms with Crippen LogP contribution >= 0.6 is 0 Å². The van der Waals surface area contributed by atoms with Gasteiger partial charge in [0, 0.05) is 11.8 Å². The Balaban J connectivity index is 2.54. The van der Waals surface area contributed by atoms with Gasteiger partial charge in [-0.3, -0.25) is 9.36 Å². The van der Waals surface area contributed by atoms with E-state index >= 15 is 0 Å². The third kappa shape index (κ3) is 3.65. The zero-order valence-electron chi connectivity index (χ0n) is 14.3.